The number of aromatic nitrogens is 2. The second-order valence-electron chi connectivity index (χ2n) is 6.11. The van der Waals surface area contributed by atoms with Crippen molar-refractivity contribution >= 4 is 5.91 Å². The number of para-hydroxylation sites is 1. The normalized spacial score (nSPS) is 11.5. The summed E-state index contributed by atoms with van der Waals surface area (Å²) in [7, 11) is 5.06. The Hall–Kier alpha value is -3.48. The van der Waals surface area contributed by atoms with Crippen LogP contribution in [0.25, 0.3) is 0 Å². The van der Waals surface area contributed by atoms with Crippen LogP contribution in [0.15, 0.2) is 60.9 Å². The Morgan fingerprint density at radius 1 is 1.11 bits per heavy atom. The topological polar surface area (TPSA) is 74.6 Å². The minimum absolute atomic E-state index is 0.136. The molecule has 1 amide bonds. The molecular formula is C21H23N3O4. The highest BCUT2D eigenvalue weighted by atomic mass is 16.5. The number of rotatable bonds is 8. The van der Waals surface area contributed by atoms with Crippen LogP contribution in [0.4, 0.5) is 0 Å². The molecule has 1 atom stereocenters. The third-order valence-electron chi connectivity index (χ3n) is 4.28. The van der Waals surface area contributed by atoms with E-state index in [0.29, 0.717) is 23.1 Å². The molecule has 0 saturated heterocycles. The first-order chi connectivity index (χ1) is 13.6. The number of imidazole rings is 1. The van der Waals surface area contributed by atoms with Crippen LogP contribution in [-0.4, -0.2) is 36.3 Å². The van der Waals surface area contributed by atoms with Gasteiger partial charge >= 0.3 is 0 Å². The summed E-state index contributed by atoms with van der Waals surface area (Å²) < 4.78 is 18.1. The van der Waals surface area contributed by atoms with Gasteiger partial charge in [0.25, 0.3) is 5.91 Å². The van der Waals surface area contributed by atoms with E-state index in [2.05, 4.69) is 10.3 Å². The molecule has 0 fully saturated rings. The van der Waals surface area contributed by atoms with Gasteiger partial charge < -0.3 is 24.1 Å². The fourth-order valence-electron chi connectivity index (χ4n) is 2.88. The van der Waals surface area contributed by atoms with Gasteiger partial charge in [-0.15, -0.1) is 0 Å². The van der Waals surface area contributed by atoms with Crippen LogP contribution in [0.1, 0.15) is 17.4 Å². The van der Waals surface area contributed by atoms with Gasteiger partial charge in [0.05, 0.1) is 14.2 Å². The molecule has 28 heavy (non-hydrogen) atoms. The van der Waals surface area contributed by atoms with Crippen molar-refractivity contribution in [1.82, 2.24) is 14.9 Å². The van der Waals surface area contributed by atoms with Gasteiger partial charge in [-0.1, -0.05) is 24.3 Å². The molecule has 1 unspecified atom stereocenters. The monoisotopic (exact) mass is 381 g/mol. The van der Waals surface area contributed by atoms with Gasteiger partial charge in [0.2, 0.25) is 0 Å². The van der Waals surface area contributed by atoms with E-state index in [1.165, 1.54) is 0 Å². The fourth-order valence-corrected chi connectivity index (χ4v) is 2.88. The summed E-state index contributed by atoms with van der Waals surface area (Å²) >= 11 is 0. The zero-order valence-corrected chi connectivity index (χ0v) is 16.1. The quantitative estimate of drug-likeness (QED) is 0.649. The average Bonchev–Trinajstić information content (AvgIpc) is 3.16. The molecule has 1 aromatic heterocycles. The van der Waals surface area contributed by atoms with Crippen molar-refractivity contribution in [3.05, 3.63) is 72.3 Å². The van der Waals surface area contributed by atoms with Gasteiger partial charge in [0.15, 0.2) is 6.61 Å². The molecule has 1 N–H and O–H groups in total. The van der Waals surface area contributed by atoms with Crippen molar-refractivity contribution in [2.24, 2.45) is 7.05 Å². The molecule has 7 heteroatoms. The summed E-state index contributed by atoms with van der Waals surface area (Å²) in [5, 5.41) is 2.99. The number of ether oxygens (including phenoxy) is 3. The fraction of sp³-hybridized carbons (Fsp3) is 0.238. The van der Waals surface area contributed by atoms with Gasteiger partial charge in [0.1, 0.15) is 29.1 Å². The Morgan fingerprint density at radius 2 is 1.89 bits per heavy atom. The number of hydrogen-bond acceptors (Lipinski definition) is 5. The first kappa shape index (κ1) is 19.3. The SMILES string of the molecule is COc1cccc(OCC(=O)NC(c2ccccc2OC)c2nccn2C)c1. The van der Waals surface area contributed by atoms with Gasteiger partial charge in [-0.05, 0) is 18.2 Å². The smallest absolute Gasteiger partial charge is 0.258 e. The Balaban J connectivity index is 1.78. The molecule has 146 valence electrons. The minimum atomic E-state index is -0.474. The molecule has 2 aromatic carbocycles. The van der Waals surface area contributed by atoms with Gasteiger partial charge in [-0.2, -0.15) is 0 Å². The number of aryl methyl sites for hydroxylation is 1. The van der Waals surface area contributed by atoms with Crippen LogP contribution in [-0.2, 0) is 11.8 Å². The summed E-state index contributed by atoms with van der Waals surface area (Å²) in [6.45, 7) is -0.136. The Kier molecular flexibility index (Phi) is 6.16. The highest BCUT2D eigenvalue weighted by molar-refractivity contribution is 5.78. The molecule has 0 aliphatic carbocycles. The highest BCUT2D eigenvalue weighted by Crippen LogP contribution is 2.29. The first-order valence-corrected chi connectivity index (χ1v) is 8.78. The third-order valence-corrected chi connectivity index (χ3v) is 4.28. The van der Waals surface area contributed by atoms with Gasteiger partial charge in [0, 0.05) is 31.1 Å². The van der Waals surface area contributed by atoms with Crippen molar-refractivity contribution in [3.8, 4) is 17.2 Å². The van der Waals surface area contributed by atoms with Crippen molar-refractivity contribution in [3.63, 3.8) is 0 Å². The van der Waals surface area contributed by atoms with Crippen molar-refractivity contribution < 1.29 is 19.0 Å². The molecule has 0 aliphatic rings. The Labute approximate surface area is 163 Å². The standard InChI is InChI=1S/C21H23N3O4/c1-24-12-11-22-21(24)20(17-9-4-5-10-18(17)27-3)23-19(25)14-28-16-8-6-7-15(13-16)26-2/h4-13,20H,14H2,1-3H3,(H,23,25). The van der Waals surface area contributed by atoms with E-state index in [1.807, 2.05) is 48.1 Å². The van der Waals surface area contributed by atoms with E-state index in [1.54, 1.807) is 38.6 Å². The molecular weight excluding hydrogens is 358 g/mol. The van der Waals surface area contributed by atoms with E-state index < -0.39 is 6.04 Å². The Morgan fingerprint density at radius 3 is 2.61 bits per heavy atom. The van der Waals surface area contributed by atoms with E-state index >= 15 is 0 Å². The molecule has 7 nitrogen and oxygen atoms in total. The molecule has 3 aromatic rings. The lowest BCUT2D eigenvalue weighted by Gasteiger charge is -2.21. The second-order valence-corrected chi connectivity index (χ2v) is 6.11. The van der Waals surface area contributed by atoms with Crippen LogP contribution >= 0.6 is 0 Å². The zero-order chi connectivity index (χ0) is 19.9. The molecule has 0 aliphatic heterocycles. The molecule has 0 saturated carbocycles. The molecule has 0 spiro atoms. The maximum Gasteiger partial charge on any atom is 0.258 e. The summed E-state index contributed by atoms with van der Waals surface area (Å²) in [5.41, 5.74) is 0.814. The number of carbonyl (C=O) groups excluding carboxylic acids is 1. The van der Waals surface area contributed by atoms with E-state index in [4.69, 9.17) is 14.2 Å². The molecule has 1 heterocycles. The maximum absolute atomic E-state index is 12.6. The van der Waals surface area contributed by atoms with Gasteiger partial charge in [-0.25, -0.2) is 4.98 Å². The lowest BCUT2D eigenvalue weighted by atomic mass is 10.0. The number of carbonyl (C=O) groups is 1. The van der Waals surface area contributed by atoms with E-state index in [0.717, 1.165) is 5.56 Å². The largest absolute Gasteiger partial charge is 0.497 e. The van der Waals surface area contributed by atoms with Gasteiger partial charge in [-0.3, -0.25) is 4.79 Å². The third kappa shape index (κ3) is 4.43. The lowest BCUT2D eigenvalue weighted by molar-refractivity contribution is -0.123. The summed E-state index contributed by atoms with van der Waals surface area (Å²) in [6, 6.07) is 14.2. The average molecular weight is 381 g/mol. The number of nitrogens with zero attached hydrogens (tertiary/aromatic N) is 2. The number of methoxy groups -OCH3 is 2. The predicted molar refractivity (Wildman–Crippen MR) is 105 cm³/mol. The first-order valence-electron chi connectivity index (χ1n) is 8.78. The van der Waals surface area contributed by atoms with Crippen molar-refractivity contribution in [2.45, 2.75) is 6.04 Å². The van der Waals surface area contributed by atoms with Crippen LogP contribution in [0.5, 0.6) is 17.2 Å². The van der Waals surface area contributed by atoms with Crippen molar-refractivity contribution in [1.29, 1.82) is 0 Å². The lowest BCUT2D eigenvalue weighted by Crippen LogP contribution is -2.34. The molecule has 0 bridgehead atoms. The maximum atomic E-state index is 12.6. The number of benzene rings is 2. The Bertz CT molecular complexity index is 939. The van der Waals surface area contributed by atoms with E-state index in [9.17, 15) is 4.79 Å². The minimum Gasteiger partial charge on any atom is -0.497 e. The number of amides is 1. The second kappa shape index (κ2) is 8.94. The zero-order valence-electron chi connectivity index (χ0n) is 16.1. The highest BCUT2D eigenvalue weighted by Gasteiger charge is 2.24. The summed E-state index contributed by atoms with van der Waals surface area (Å²) in [5.74, 6) is 2.31. The summed E-state index contributed by atoms with van der Waals surface area (Å²) in [6.07, 6.45) is 3.52. The summed E-state index contributed by atoms with van der Waals surface area (Å²) in [4.78, 5) is 17.0. The molecule has 3 rings (SSSR count). The number of nitrogens with one attached hydrogen (secondary N) is 1. The van der Waals surface area contributed by atoms with Crippen LogP contribution in [0.2, 0.25) is 0 Å². The number of hydrogen-bond donors (Lipinski definition) is 1. The van der Waals surface area contributed by atoms with Crippen LogP contribution in [0, 0.1) is 0 Å². The predicted octanol–water partition coefficient (Wildman–Crippen LogP) is 2.72. The van der Waals surface area contributed by atoms with Crippen LogP contribution in [0.3, 0.4) is 0 Å². The van der Waals surface area contributed by atoms with Crippen molar-refractivity contribution in [2.75, 3.05) is 20.8 Å². The van der Waals surface area contributed by atoms with E-state index in [-0.39, 0.29) is 12.5 Å². The van der Waals surface area contributed by atoms with Crippen LogP contribution < -0.4 is 19.5 Å². The molecule has 0 radical (unpaired) electrons.